The van der Waals surface area contributed by atoms with Crippen molar-refractivity contribution in [2.75, 3.05) is 5.32 Å². The molecule has 6 heteroatoms. The fourth-order valence-corrected chi connectivity index (χ4v) is 3.77. The molecule has 2 amide bonds. The number of benzene rings is 2. The Kier molecular flexibility index (Phi) is 4.47. The molecule has 6 nitrogen and oxygen atoms in total. The summed E-state index contributed by atoms with van der Waals surface area (Å²) in [6.07, 6.45) is 4.27. The van der Waals surface area contributed by atoms with Crippen molar-refractivity contribution in [1.29, 1.82) is 0 Å². The number of amides is 2. The summed E-state index contributed by atoms with van der Waals surface area (Å²) in [4.78, 5) is 25.1. The molecule has 2 aromatic carbocycles. The van der Waals surface area contributed by atoms with E-state index in [1.54, 1.807) is 30.5 Å². The number of hydrogen-bond acceptors (Lipinski definition) is 4. The number of aryl methyl sites for hydroxylation is 1. The quantitative estimate of drug-likeness (QED) is 0.766. The minimum Gasteiger partial charge on any atom is -0.508 e. The Morgan fingerprint density at radius 2 is 2.14 bits per heavy atom. The van der Waals surface area contributed by atoms with Crippen LogP contribution < -0.4 is 10.7 Å². The molecule has 2 aromatic rings. The normalized spacial score (nSPS) is 21.6. The largest absolute Gasteiger partial charge is 0.508 e. The number of phenols is 1. The highest BCUT2D eigenvalue weighted by Gasteiger charge is 2.44. The summed E-state index contributed by atoms with van der Waals surface area (Å²) in [5.74, 6) is -0.196. The van der Waals surface area contributed by atoms with E-state index in [9.17, 15) is 14.7 Å². The zero-order chi connectivity index (χ0) is 19.8. The van der Waals surface area contributed by atoms with E-state index in [0.29, 0.717) is 11.3 Å². The number of anilines is 1. The predicted molar refractivity (Wildman–Crippen MR) is 108 cm³/mol. The van der Waals surface area contributed by atoms with Gasteiger partial charge in [0.25, 0.3) is 5.91 Å². The molecule has 0 saturated heterocycles. The highest BCUT2D eigenvalue weighted by atomic mass is 16.3. The molecule has 1 heterocycles. The average molecular weight is 375 g/mol. The number of nitrogens with one attached hydrogen (secondary N) is 2. The van der Waals surface area contributed by atoms with Gasteiger partial charge in [0.05, 0.1) is 11.8 Å². The van der Waals surface area contributed by atoms with Gasteiger partial charge in [0, 0.05) is 11.6 Å². The zero-order valence-corrected chi connectivity index (χ0v) is 15.7. The molecular formula is C22H21N3O3. The van der Waals surface area contributed by atoms with Crippen molar-refractivity contribution < 1.29 is 14.7 Å². The Labute approximate surface area is 163 Å². The number of phenolic OH excluding ortho intramolecular Hbond substituents is 1. The summed E-state index contributed by atoms with van der Waals surface area (Å²) in [7, 11) is 0. The standard InChI is InChI=1S/C22H21N3O3/c1-3-13-11-23-25-22(28)19-9-15(7-12(2)20(13)19)24-21(27)18-10-17(18)14-5-4-6-16(26)8-14/h3-9,11,17-18,26H,10H2,1-2H3,(H,24,27)(H,25,28)/b13-3-. The van der Waals surface area contributed by atoms with Crippen molar-refractivity contribution in [3.8, 4) is 5.75 Å². The van der Waals surface area contributed by atoms with Gasteiger partial charge in [-0.25, -0.2) is 5.43 Å². The topological polar surface area (TPSA) is 90.8 Å². The third-order valence-electron chi connectivity index (χ3n) is 5.24. The Morgan fingerprint density at radius 1 is 1.32 bits per heavy atom. The minimum atomic E-state index is -0.300. The summed E-state index contributed by atoms with van der Waals surface area (Å²) in [5, 5.41) is 16.5. The Balaban J connectivity index is 1.56. The van der Waals surface area contributed by atoms with E-state index in [4.69, 9.17) is 0 Å². The minimum absolute atomic E-state index is 0.0794. The van der Waals surface area contributed by atoms with Gasteiger partial charge in [-0.05, 0) is 72.7 Å². The van der Waals surface area contributed by atoms with Crippen LogP contribution in [0.25, 0.3) is 5.57 Å². The highest BCUT2D eigenvalue weighted by Crippen LogP contribution is 2.48. The van der Waals surface area contributed by atoms with Gasteiger partial charge in [-0.2, -0.15) is 5.10 Å². The molecule has 142 valence electrons. The smallest absolute Gasteiger partial charge is 0.272 e. The number of carbonyl (C=O) groups is 2. The summed E-state index contributed by atoms with van der Waals surface area (Å²) < 4.78 is 0. The van der Waals surface area contributed by atoms with Crippen LogP contribution in [-0.4, -0.2) is 23.1 Å². The number of hydrogen-bond donors (Lipinski definition) is 3. The maximum absolute atomic E-state index is 12.7. The molecule has 0 bridgehead atoms. The fourth-order valence-electron chi connectivity index (χ4n) is 3.77. The van der Waals surface area contributed by atoms with Crippen molar-refractivity contribution in [2.24, 2.45) is 11.0 Å². The van der Waals surface area contributed by atoms with Gasteiger partial charge < -0.3 is 10.4 Å². The summed E-state index contributed by atoms with van der Waals surface area (Å²) in [6.45, 7) is 3.81. The van der Waals surface area contributed by atoms with E-state index in [-0.39, 0.29) is 29.4 Å². The maximum atomic E-state index is 12.7. The fraction of sp³-hybridized carbons (Fsp3) is 0.227. The van der Waals surface area contributed by atoms with Crippen LogP contribution in [-0.2, 0) is 4.79 Å². The van der Waals surface area contributed by atoms with Crippen LogP contribution in [0.1, 0.15) is 46.3 Å². The molecule has 4 rings (SSSR count). The van der Waals surface area contributed by atoms with Crippen molar-refractivity contribution >= 4 is 29.3 Å². The molecule has 1 fully saturated rings. The van der Waals surface area contributed by atoms with Crippen LogP contribution in [0.5, 0.6) is 5.75 Å². The lowest BCUT2D eigenvalue weighted by atomic mass is 9.94. The van der Waals surface area contributed by atoms with E-state index < -0.39 is 0 Å². The van der Waals surface area contributed by atoms with Crippen LogP contribution in [0.15, 0.2) is 47.6 Å². The van der Waals surface area contributed by atoms with Crippen LogP contribution in [0.2, 0.25) is 0 Å². The number of fused-ring (bicyclic) bond motifs is 1. The number of carbonyl (C=O) groups excluding carboxylic acids is 2. The second-order valence-corrected chi connectivity index (χ2v) is 7.19. The SMILES string of the molecule is C/C=C1/C=NNC(=O)c2cc(NC(=O)C3CC3c3cccc(O)c3)cc(C)c21. The van der Waals surface area contributed by atoms with Crippen LogP contribution in [0, 0.1) is 12.8 Å². The van der Waals surface area contributed by atoms with E-state index >= 15 is 0 Å². The first kappa shape index (κ1) is 18.0. The molecule has 1 saturated carbocycles. The van der Waals surface area contributed by atoms with Gasteiger partial charge in [0.2, 0.25) is 5.91 Å². The number of hydrazone groups is 1. The van der Waals surface area contributed by atoms with Crippen LogP contribution in [0.3, 0.4) is 0 Å². The number of rotatable bonds is 3. The lowest BCUT2D eigenvalue weighted by molar-refractivity contribution is -0.117. The lowest BCUT2D eigenvalue weighted by Crippen LogP contribution is -2.19. The first-order chi connectivity index (χ1) is 13.5. The van der Waals surface area contributed by atoms with Gasteiger partial charge in [0.1, 0.15) is 5.75 Å². The average Bonchev–Trinajstić information content (AvgIpc) is 3.47. The van der Waals surface area contributed by atoms with Gasteiger partial charge >= 0.3 is 0 Å². The number of allylic oxidation sites excluding steroid dienone is 2. The monoisotopic (exact) mass is 375 g/mol. The van der Waals surface area contributed by atoms with Crippen molar-refractivity contribution in [2.45, 2.75) is 26.2 Å². The van der Waals surface area contributed by atoms with Crippen LogP contribution >= 0.6 is 0 Å². The summed E-state index contributed by atoms with van der Waals surface area (Å²) in [5.41, 5.74) is 7.11. The van der Waals surface area contributed by atoms with Crippen LogP contribution in [0.4, 0.5) is 5.69 Å². The molecule has 0 spiro atoms. The van der Waals surface area contributed by atoms with Gasteiger partial charge in [-0.3, -0.25) is 9.59 Å². The van der Waals surface area contributed by atoms with E-state index in [2.05, 4.69) is 15.8 Å². The molecule has 1 aliphatic carbocycles. The molecule has 2 aliphatic rings. The molecule has 0 radical (unpaired) electrons. The first-order valence-electron chi connectivity index (χ1n) is 9.22. The number of aromatic hydroxyl groups is 1. The molecule has 0 aromatic heterocycles. The Morgan fingerprint density at radius 3 is 2.89 bits per heavy atom. The van der Waals surface area contributed by atoms with Crippen molar-refractivity contribution in [1.82, 2.24) is 5.43 Å². The van der Waals surface area contributed by atoms with Gasteiger partial charge in [-0.15, -0.1) is 0 Å². The van der Waals surface area contributed by atoms with Gasteiger partial charge in [-0.1, -0.05) is 18.2 Å². The molecule has 3 N–H and O–H groups in total. The maximum Gasteiger partial charge on any atom is 0.272 e. The second kappa shape index (κ2) is 6.96. The Bertz CT molecular complexity index is 1040. The predicted octanol–water partition coefficient (Wildman–Crippen LogP) is 3.58. The lowest BCUT2D eigenvalue weighted by Gasteiger charge is -2.13. The first-order valence-corrected chi connectivity index (χ1v) is 9.22. The van der Waals surface area contributed by atoms with E-state index in [0.717, 1.165) is 28.7 Å². The van der Waals surface area contributed by atoms with Crippen molar-refractivity contribution in [3.63, 3.8) is 0 Å². The van der Waals surface area contributed by atoms with Crippen molar-refractivity contribution in [3.05, 3.63) is 64.7 Å². The third-order valence-corrected chi connectivity index (χ3v) is 5.24. The molecular weight excluding hydrogens is 354 g/mol. The Hall–Kier alpha value is -3.41. The third kappa shape index (κ3) is 3.29. The molecule has 2 atom stereocenters. The van der Waals surface area contributed by atoms with Gasteiger partial charge in [0.15, 0.2) is 0 Å². The van der Waals surface area contributed by atoms with E-state index in [1.807, 2.05) is 32.1 Å². The molecule has 28 heavy (non-hydrogen) atoms. The number of nitrogens with zero attached hydrogens (tertiary/aromatic N) is 1. The summed E-state index contributed by atoms with van der Waals surface area (Å²) >= 11 is 0. The second-order valence-electron chi connectivity index (χ2n) is 7.19. The highest BCUT2D eigenvalue weighted by molar-refractivity contribution is 6.17. The zero-order valence-electron chi connectivity index (χ0n) is 15.7. The molecule has 1 aliphatic heterocycles. The summed E-state index contributed by atoms with van der Waals surface area (Å²) in [6, 6.07) is 10.6. The molecule has 2 unspecified atom stereocenters. The van der Waals surface area contributed by atoms with E-state index in [1.165, 1.54) is 0 Å².